The van der Waals surface area contributed by atoms with E-state index in [-0.39, 0.29) is 17.1 Å². The molecule has 1 amide bonds. The van der Waals surface area contributed by atoms with E-state index in [2.05, 4.69) is 23.8 Å². The van der Waals surface area contributed by atoms with Crippen LogP contribution in [0, 0.1) is 5.92 Å². The van der Waals surface area contributed by atoms with Gasteiger partial charge in [0.2, 0.25) is 0 Å². The van der Waals surface area contributed by atoms with Crippen LogP contribution >= 0.6 is 11.6 Å². The van der Waals surface area contributed by atoms with E-state index < -0.39 is 0 Å². The standard InChI is InChI=1S/C11H14ClN3O/c1-7-3-8(2)15(6-7)11(16)9-4-13-5-10(12)14-9/h4-5,7-8H,3,6H2,1-2H3. The highest BCUT2D eigenvalue weighted by atomic mass is 35.5. The molecule has 2 heterocycles. The molecule has 0 aliphatic carbocycles. The third-order valence-corrected chi connectivity index (χ3v) is 3.05. The summed E-state index contributed by atoms with van der Waals surface area (Å²) >= 11 is 5.72. The van der Waals surface area contributed by atoms with E-state index in [0.29, 0.717) is 11.6 Å². The van der Waals surface area contributed by atoms with Gasteiger partial charge in [-0.1, -0.05) is 18.5 Å². The molecule has 4 nitrogen and oxygen atoms in total. The van der Waals surface area contributed by atoms with Crippen molar-refractivity contribution in [3.8, 4) is 0 Å². The number of rotatable bonds is 1. The Hall–Kier alpha value is -1.16. The minimum absolute atomic E-state index is 0.0770. The van der Waals surface area contributed by atoms with Crippen molar-refractivity contribution in [3.05, 3.63) is 23.2 Å². The molecule has 1 saturated heterocycles. The van der Waals surface area contributed by atoms with Gasteiger partial charge in [0.1, 0.15) is 10.8 Å². The highest BCUT2D eigenvalue weighted by Crippen LogP contribution is 2.23. The van der Waals surface area contributed by atoms with Gasteiger partial charge in [-0.2, -0.15) is 0 Å². The van der Waals surface area contributed by atoms with E-state index >= 15 is 0 Å². The predicted octanol–water partition coefficient (Wildman–Crippen LogP) is 2.00. The fourth-order valence-electron chi connectivity index (χ4n) is 2.18. The molecule has 1 fully saturated rings. The number of aromatic nitrogens is 2. The summed E-state index contributed by atoms with van der Waals surface area (Å²) in [4.78, 5) is 21.8. The van der Waals surface area contributed by atoms with Crippen molar-refractivity contribution in [2.24, 2.45) is 5.92 Å². The number of hydrogen-bond donors (Lipinski definition) is 0. The first-order valence-electron chi connectivity index (χ1n) is 5.36. The van der Waals surface area contributed by atoms with Crippen LogP contribution in [0.1, 0.15) is 30.8 Å². The molecule has 0 aromatic carbocycles. The summed E-state index contributed by atoms with van der Waals surface area (Å²) in [6.07, 6.45) is 3.93. The molecular formula is C11H14ClN3O. The Balaban J connectivity index is 2.19. The topological polar surface area (TPSA) is 46.1 Å². The van der Waals surface area contributed by atoms with E-state index in [9.17, 15) is 4.79 Å². The molecule has 0 bridgehead atoms. The summed E-state index contributed by atoms with van der Waals surface area (Å²) in [5, 5.41) is 0.255. The monoisotopic (exact) mass is 239 g/mol. The first-order valence-corrected chi connectivity index (χ1v) is 5.74. The Morgan fingerprint density at radius 3 is 2.81 bits per heavy atom. The summed E-state index contributed by atoms with van der Waals surface area (Å²) in [5.74, 6) is 0.470. The van der Waals surface area contributed by atoms with Crippen LogP contribution in [-0.4, -0.2) is 33.4 Å². The number of hydrogen-bond acceptors (Lipinski definition) is 3. The molecule has 2 unspecified atom stereocenters. The molecule has 1 aromatic rings. The average molecular weight is 240 g/mol. The Labute approximate surface area is 99.6 Å². The highest BCUT2D eigenvalue weighted by molar-refractivity contribution is 6.29. The second kappa shape index (κ2) is 4.37. The highest BCUT2D eigenvalue weighted by Gasteiger charge is 2.31. The van der Waals surface area contributed by atoms with Crippen molar-refractivity contribution < 1.29 is 4.79 Å². The lowest BCUT2D eigenvalue weighted by atomic mass is 10.1. The SMILES string of the molecule is CC1CC(C)N(C(=O)c2cncc(Cl)n2)C1. The second-order valence-electron chi connectivity index (χ2n) is 4.37. The van der Waals surface area contributed by atoms with Gasteiger partial charge in [0.25, 0.3) is 5.91 Å². The molecule has 16 heavy (non-hydrogen) atoms. The molecule has 2 atom stereocenters. The minimum Gasteiger partial charge on any atom is -0.334 e. The average Bonchev–Trinajstić information content (AvgIpc) is 2.57. The fraction of sp³-hybridized carbons (Fsp3) is 0.545. The van der Waals surface area contributed by atoms with Crippen LogP contribution in [0.4, 0.5) is 0 Å². The lowest BCUT2D eigenvalue weighted by Crippen LogP contribution is -2.34. The third kappa shape index (κ3) is 2.16. The molecule has 0 radical (unpaired) electrons. The fourth-order valence-corrected chi connectivity index (χ4v) is 2.32. The predicted molar refractivity (Wildman–Crippen MR) is 61.3 cm³/mol. The van der Waals surface area contributed by atoms with Crippen LogP contribution in [0.3, 0.4) is 0 Å². The van der Waals surface area contributed by atoms with Crippen LogP contribution in [0.15, 0.2) is 12.4 Å². The summed E-state index contributed by atoms with van der Waals surface area (Å²) in [7, 11) is 0. The van der Waals surface area contributed by atoms with Gasteiger partial charge in [0, 0.05) is 12.6 Å². The molecule has 86 valence electrons. The summed E-state index contributed by atoms with van der Waals surface area (Å²) in [6, 6.07) is 0.267. The molecule has 0 saturated carbocycles. The van der Waals surface area contributed by atoms with Crippen LogP contribution < -0.4 is 0 Å². The first-order chi connectivity index (χ1) is 7.58. The van der Waals surface area contributed by atoms with Crippen molar-refractivity contribution in [3.63, 3.8) is 0 Å². The van der Waals surface area contributed by atoms with Crippen molar-refractivity contribution in [2.45, 2.75) is 26.3 Å². The van der Waals surface area contributed by atoms with Crippen LogP contribution in [-0.2, 0) is 0 Å². The van der Waals surface area contributed by atoms with Gasteiger partial charge in [0.15, 0.2) is 0 Å². The Morgan fingerprint density at radius 1 is 1.50 bits per heavy atom. The Bertz CT molecular complexity index is 410. The van der Waals surface area contributed by atoms with Gasteiger partial charge in [-0.25, -0.2) is 4.98 Å². The maximum atomic E-state index is 12.1. The number of amides is 1. The number of carbonyl (C=O) groups is 1. The molecule has 5 heteroatoms. The number of halogens is 1. The smallest absolute Gasteiger partial charge is 0.274 e. The molecule has 1 aromatic heterocycles. The van der Waals surface area contributed by atoms with Gasteiger partial charge < -0.3 is 4.90 Å². The number of likely N-dealkylation sites (tertiary alicyclic amines) is 1. The molecular weight excluding hydrogens is 226 g/mol. The maximum Gasteiger partial charge on any atom is 0.274 e. The van der Waals surface area contributed by atoms with E-state index in [1.54, 1.807) is 0 Å². The normalized spacial score (nSPS) is 24.8. The van der Waals surface area contributed by atoms with Crippen molar-refractivity contribution >= 4 is 17.5 Å². The molecule has 0 N–H and O–H groups in total. The molecule has 2 rings (SSSR count). The van der Waals surface area contributed by atoms with Crippen molar-refractivity contribution in [1.82, 2.24) is 14.9 Å². The van der Waals surface area contributed by atoms with E-state index in [0.717, 1.165) is 13.0 Å². The summed E-state index contributed by atoms with van der Waals surface area (Å²) in [6.45, 7) is 4.99. The van der Waals surface area contributed by atoms with Gasteiger partial charge in [-0.3, -0.25) is 9.78 Å². The van der Waals surface area contributed by atoms with E-state index in [1.807, 2.05) is 4.90 Å². The van der Waals surface area contributed by atoms with E-state index in [1.165, 1.54) is 12.4 Å². The molecule has 1 aliphatic rings. The van der Waals surface area contributed by atoms with Crippen LogP contribution in [0.2, 0.25) is 5.15 Å². The second-order valence-corrected chi connectivity index (χ2v) is 4.76. The number of carbonyl (C=O) groups excluding carboxylic acids is 1. The van der Waals surface area contributed by atoms with Gasteiger partial charge in [-0.15, -0.1) is 0 Å². The summed E-state index contributed by atoms with van der Waals surface area (Å²) < 4.78 is 0. The molecule has 0 spiro atoms. The van der Waals surface area contributed by atoms with Crippen LogP contribution in [0.5, 0.6) is 0 Å². The van der Waals surface area contributed by atoms with Gasteiger partial charge in [0.05, 0.1) is 12.4 Å². The van der Waals surface area contributed by atoms with Crippen LogP contribution in [0.25, 0.3) is 0 Å². The Kier molecular flexibility index (Phi) is 3.10. The van der Waals surface area contributed by atoms with Crippen molar-refractivity contribution in [2.75, 3.05) is 6.54 Å². The zero-order valence-electron chi connectivity index (χ0n) is 9.35. The summed E-state index contributed by atoms with van der Waals surface area (Å²) in [5.41, 5.74) is 0.327. The Morgan fingerprint density at radius 2 is 2.25 bits per heavy atom. The lowest BCUT2D eigenvalue weighted by molar-refractivity contribution is 0.0737. The lowest BCUT2D eigenvalue weighted by Gasteiger charge is -2.20. The third-order valence-electron chi connectivity index (χ3n) is 2.87. The minimum atomic E-state index is -0.0770. The zero-order valence-corrected chi connectivity index (χ0v) is 10.1. The number of nitrogens with zero attached hydrogens (tertiary/aromatic N) is 3. The first kappa shape index (κ1) is 11.3. The van der Waals surface area contributed by atoms with Crippen molar-refractivity contribution in [1.29, 1.82) is 0 Å². The largest absolute Gasteiger partial charge is 0.334 e. The molecule has 1 aliphatic heterocycles. The maximum absolute atomic E-state index is 12.1. The van der Waals surface area contributed by atoms with E-state index in [4.69, 9.17) is 11.6 Å². The van der Waals surface area contributed by atoms with Gasteiger partial charge >= 0.3 is 0 Å². The zero-order chi connectivity index (χ0) is 11.7. The van der Waals surface area contributed by atoms with Gasteiger partial charge in [-0.05, 0) is 19.3 Å². The quantitative estimate of drug-likeness (QED) is 0.753.